The molecule has 2 aliphatic rings. The summed E-state index contributed by atoms with van der Waals surface area (Å²) in [5, 5.41) is 7.64. The molecule has 3 rings (SSSR count). The van der Waals surface area contributed by atoms with E-state index in [2.05, 4.69) is 5.32 Å². The lowest BCUT2D eigenvalue weighted by atomic mass is 10.0. The number of rotatable bonds is 4. The van der Waals surface area contributed by atoms with E-state index in [4.69, 9.17) is 14.6 Å². The molecule has 9 nitrogen and oxygen atoms in total. The number of amides is 2. The lowest BCUT2D eigenvalue weighted by molar-refractivity contribution is -0.188. The number of likely N-dealkylation sites (tertiary alicyclic amines) is 1. The van der Waals surface area contributed by atoms with Crippen molar-refractivity contribution in [2.24, 2.45) is 5.14 Å². The average molecular weight is 397 g/mol. The van der Waals surface area contributed by atoms with Crippen LogP contribution in [0.4, 0.5) is 0 Å². The number of ether oxygens (including phenoxy) is 2. The van der Waals surface area contributed by atoms with Crippen molar-refractivity contribution in [2.75, 3.05) is 32.8 Å². The Labute approximate surface area is 157 Å². The minimum Gasteiger partial charge on any atom is -0.347 e. The third-order valence-electron chi connectivity index (χ3n) is 4.77. The fourth-order valence-electron chi connectivity index (χ4n) is 3.22. The molecule has 2 amide bonds. The Kier molecular flexibility index (Phi) is 5.80. The monoisotopic (exact) mass is 397 g/mol. The molecule has 3 N–H and O–H groups in total. The molecule has 1 spiro atoms. The number of piperidine rings is 1. The molecule has 2 aliphatic heterocycles. The number of carbonyl (C=O) groups excluding carboxylic acids is 2. The van der Waals surface area contributed by atoms with Crippen LogP contribution in [0.1, 0.15) is 18.4 Å². The number of benzene rings is 1. The number of nitrogens with two attached hydrogens (primary N) is 1. The Hall–Kier alpha value is -2.01. The summed E-state index contributed by atoms with van der Waals surface area (Å²) in [7, 11) is -3.72. The van der Waals surface area contributed by atoms with E-state index < -0.39 is 27.6 Å². The molecule has 2 saturated heterocycles. The maximum Gasteiger partial charge on any atom is 0.311 e. The van der Waals surface area contributed by atoms with E-state index in [1.165, 1.54) is 17.0 Å². The van der Waals surface area contributed by atoms with Crippen molar-refractivity contribution in [2.45, 2.75) is 29.9 Å². The van der Waals surface area contributed by atoms with Crippen molar-refractivity contribution in [3.05, 3.63) is 29.8 Å². The summed E-state index contributed by atoms with van der Waals surface area (Å²) in [6.07, 6.45) is 1.58. The van der Waals surface area contributed by atoms with E-state index >= 15 is 0 Å². The van der Waals surface area contributed by atoms with Crippen LogP contribution in [0.5, 0.6) is 0 Å². The van der Waals surface area contributed by atoms with Crippen LogP contribution in [0, 0.1) is 0 Å². The first kappa shape index (κ1) is 19.7. The Bertz CT molecular complexity index is 792. The van der Waals surface area contributed by atoms with E-state index in [-0.39, 0.29) is 11.4 Å². The molecule has 0 radical (unpaired) electrons. The standard InChI is InChI=1S/C17H23N3O6S/c18-27(23,24)14-3-1-13(2-4-14)5-8-19-15(21)16(22)20-9-6-17(7-10-20)25-11-12-26-17/h1-4H,5-12H2,(H,19,21)(H2,18,23,24). The number of hydrogen-bond acceptors (Lipinski definition) is 6. The van der Waals surface area contributed by atoms with Crippen molar-refractivity contribution in [3.63, 3.8) is 0 Å². The maximum atomic E-state index is 12.3. The predicted molar refractivity (Wildman–Crippen MR) is 95.0 cm³/mol. The van der Waals surface area contributed by atoms with Gasteiger partial charge in [-0.05, 0) is 24.1 Å². The van der Waals surface area contributed by atoms with Gasteiger partial charge in [-0.25, -0.2) is 13.6 Å². The average Bonchev–Trinajstić information content (AvgIpc) is 3.09. The Morgan fingerprint density at radius 1 is 1.11 bits per heavy atom. The molecule has 0 atom stereocenters. The summed E-state index contributed by atoms with van der Waals surface area (Å²) in [6.45, 7) is 2.23. The number of nitrogens with zero attached hydrogens (tertiary/aromatic N) is 1. The zero-order valence-corrected chi connectivity index (χ0v) is 15.7. The van der Waals surface area contributed by atoms with E-state index in [1.807, 2.05) is 0 Å². The smallest absolute Gasteiger partial charge is 0.311 e. The van der Waals surface area contributed by atoms with Gasteiger partial charge in [0, 0.05) is 32.5 Å². The molecule has 148 valence electrons. The quantitative estimate of drug-likeness (QED) is 0.651. The molecule has 10 heteroatoms. The van der Waals surface area contributed by atoms with Crippen molar-refractivity contribution >= 4 is 21.8 Å². The molecular weight excluding hydrogens is 374 g/mol. The second-order valence-corrected chi connectivity index (χ2v) is 8.16. The molecule has 0 aliphatic carbocycles. The van der Waals surface area contributed by atoms with Gasteiger partial charge in [0.15, 0.2) is 5.79 Å². The van der Waals surface area contributed by atoms with Crippen molar-refractivity contribution in [1.82, 2.24) is 10.2 Å². The first-order chi connectivity index (χ1) is 12.8. The number of primary sulfonamides is 1. The van der Waals surface area contributed by atoms with Crippen molar-refractivity contribution in [1.29, 1.82) is 0 Å². The molecule has 2 heterocycles. The lowest BCUT2D eigenvalue weighted by Crippen LogP contribution is -2.51. The van der Waals surface area contributed by atoms with Crippen molar-refractivity contribution < 1.29 is 27.5 Å². The molecule has 1 aromatic rings. The fourth-order valence-corrected chi connectivity index (χ4v) is 3.74. The number of nitrogens with one attached hydrogen (secondary N) is 1. The molecule has 0 aromatic heterocycles. The van der Waals surface area contributed by atoms with Gasteiger partial charge in [0.25, 0.3) is 0 Å². The van der Waals surface area contributed by atoms with Gasteiger partial charge in [-0.3, -0.25) is 9.59 Å². The summed E-state index contributed by atoms with van der Waals surface area (Å²) in [5.74, 6) is -1.80. The predicted octanol–water partition coefficient (Wildman–Crippen LogP) is -0.642. The van der Waals surface area contributed by atoms with Crippen LogP contribution >= 0.6 is 0 Å². The van der Waals surface area contributed by atoms with Gasteiger partial charge in [0.1, 0.15) is 0 Å². The zero-order valence-electron chi connectivity index (χ0n) is 14.8. The van der Waals surface area contributed by atoms with Crippen LogP contribution in [0.3, 0.4) is 0 Å². The Morgan fingerprint density at radius 2 is 1.70 bits per heavy atom. The van der Waals surface area contributed by atoms with Gasteiger partial charge in [-0.1, -0.05) is 12.1 Å². The molecular formula is C17H23N3O6S. The van der Waals surface area contributed by atoms with Crippen LogP contribution in [0.15, 0.2) is 29.2 Å². The van der Waals surface area contributed by atoms with Gasteiger partial charge in [-0.2, -0.15) is 0 Å². The van der Waals surface area contributed by atoms with Gasteiger partial charge in [-0.15, -0.1) is 0 Å². The van der Waals surface area contributed by atoms with Crippen LogP contribution in [0.2, 0.25) is 0 Å². The highest BCUT2D eigenvalue weighted by molar-refractivity contribution is 7.89. The highest BCUT2D eigenvalue weighted by atomic mass is 32.2. The third-order valence-corrected chi connectivity index (χ3v) is 5.70. The normalized spacial score (nSPS) is 19.2. The summed E-state index contributed by atoms with van der Waals surface area (Å²) >= 11 is 0. The van der Waals surface area contributed by atoms with Crippen LogP contribution < -0.4 is 10.5 Å². The third kappa shape index (κ3) is 4.83. The number of carbonyl (C=O) groups is 2. The zero-order chi connectivity index (χ0) is 19.5. The number of sulfonamides is 1. The van der Waals surface area contributed by atoms with Crippen molar-refractivity contribution in [3.8, 4) is 0 Å². The SMILES string of the molecule is NS(=O)(=O)c1ccc(CCNC(=O)C(=O)N2CCC3(CC2)OCCO3)cc1. The minimum absolute atomic E-state index is 0.0311. The van der Waals surface area contributed by atoms with E-state index in [1.54, 1.807) is 12.1 Å². The van der Waals surface area contributed by atoms with Crippen LogP contribution in [0.25, 0.3) is 0 Å². The van der Waals surface area contributed by atoms with E-state index in [0.29, 0.717) is 45.6 Å². The van der Waals surface area contributed by atoms with Gasteiger partial charge in [0.2, 0.25) is 10.0 Å². The van der Waals surface area contributed by atoms with Gasteiger partial charge >= 0.3 is 11.8 Å². The minimum atomic E-state index is -3.72. The molecule has 27 heavy (non-hydrogen) atoms. The van der Waals surface area contributed by atoms with Gasteiger partial charge in [0.05, 0.1) is 18.1 Å². The first-order valence-corrected chi connectivity index (χ1v) is 10.3. The maximum absolute atomic E-state index is 12.3. The summed E-state index contributed by atoms with van der Waals surface area (Å²) in [4.78, 5) is 25.9. The number of hydrogen-bond donors (Lipinski definition) is 2. The van der Waals surface area contributed by atoms with E-state index in [0.717, 1.165) is 5.56 Å². The highest BCUT2D eigenvalue weighted by Crippen LogP contribution is 2.31. The van der Waals surface area contributed by atoms with Crippen LogP contribution in [-0.4, -0.2) is 63.8 Å². The molecule has 2 fully saturated rings. The van der Waals surface area contributed by atoms with Crippen LogP contribution in [-0.2, 0) is 35.5 Å². The molecule has 0 saturated carbocycles. The van der Waals surface area contributed by atoms with Gasteiger partial charge < -0.3 is 19.7 Å². The van der Waals surface area contributed by atoms with E-state index in [9.17, 15) is 18.0 Å². The Morgan fingerprint density at radius 3 is 2.26 bits per heavy atom. The second kappa shape index (κ2) is 7.93. The molecule has 1 aromatic carbocycles. The topological polar surface area (TPSA) is 128 Å². The molecule has 0 bridgehead atoms. The second-order valence-electron chi connectivity index (χ2n) is 6.59. The Balaban J connectivity index is 1.43. The summed E-state index contributed by atoms with van der Waals surface area (Å²) in [6, 6.07) is 6.07. The highest BCUT2D eigenvalue weighted by Gasteiger charge is 2.41. The summed E-state index contributed by atoms with van der Waals surface area (Å²) in [5.41, 5.74) is 0.825. The summed E-state index contributed by atoms with van der Waals surface area (Å²) < 4.78 is 33.6. The first-order valence-electron chi connectivity index (χ1n) is 8.76. The largest absolute Gasteiger partial charge is 0.347 e. The molecule has 0 unspecified atom stereocenters. The lowest BCUT2D eigenvalue weighted by Gasteiger charge is -2.37. The fraction of sp³-hybridized carbons (Fsp3) is 0.529.